The van der Waals surface area contributed by atoms with Gasteiger partial charge in [0.15, 0.2) is 0 Å². The van der Waals surface area contributed by atoms with E-state index in [0.29, 0.717) is 12.1 Å². The summed E-state index contributed by atoms with van der Waals surface area (Å²) in [6.07, 6.45) is 2.64. The van der Waals surface area contributed by atoms with Crippen molar-refractivity contribution >= 4 is 40.7 Å². The molecule has 8 heteroatoms. The number of hydrogen-bond donors (Lipinski definition) is 2. The summed E-state index contributed by atoms with van der Waals surface area (Å²) < 4.78 is 5.42. The van der Waals surface area contributed by atoms with Crippen LogP contribution < -0.4 is 20.4 Å². The molecule has 2 aliphatic rings. The summed E-state index contributed by atoms with van der Waals surface area (Å²) in [5.74, 6) is 0.664. The van der Waals surface area contributed by atoms with Crippen LogP contribution in [0.15, 0.2) is 66.7 Å². The molecule has 2 N–H and O–H groups in total. The maximum Gasteiger partial charge on any atom is 0.412 e. The Bertz CT molecular complexity index is 1510. The van der Waals surface area contributed by atoms with Gasteiger partial charge in [-0.2, -0.15) is 0 Å². The van der Waals surface area contributed by atoms with Crippen LogP contribution in [0.3, 0.4) is 0 Å². The number of benzene rings is 3. The maximum atomic E-state index is 13.3. The lowest BCUT2D eigenvalue weighted by molar-refractivity contribution is -0.117. The van der Waals surface area contributed by atoms with Crippen LogP contribution in [0.4, 0.5) is 27.5 Å². The van der Waals surface area contributed by atoms with Crippen LogP contribution in [0.25, 0.3) is 11.1 Å². The average Bonchev–Trinajstić information content (AvgIpc) is 3.76. The standard InChI is InChI=1S/C35H42N4O4/c1-22-18-33(39(24(3)41)30-15-13-28(14-16-30)36-21-25-10-11-25)31-20-27(12-17-32(31)38(22)23(2)40)26-8-7-9-29(19-26)37-34(42)43-35(4,5)6/h7-9,12-17,19-20,22,25,33,36H,10-11,18,21H2,1-6H3,(H,37,42)/t22-,33+/m0/s1. The van der Waals surface area contributed by atoms with Crippen LogP contribution in [0.2, 0.25) is 0 Å². The Balaban J connectivity index is 1.49. The second kappa shape index (κ2) is 12.1. The van der Waals surface area contributed by atoms with E-state index < -0.39 is 11.7 Å². The predicted molar refractivity (Wildman–Crippen MR) is 173 cm³/mol. The second-order valence-electron chi connectivity index (χ2n) is 12.7. The molecule has 2 atom stereocenters. The molecule has 1 aliphatic heterocycles. The third kappa shape index (κ3) is 7.19. The van der Waals surface area contributed by atoms with Crippen LogP contribution in [0.1, 0.15) is 72.4 Å². The molecular formula is C35H42N4O4. The highest BCUT2D eigenvalue weighted by atomic mass is 16.6. The fourth-order valence-corrected chi connectivity index (χ4v) is 5.84. The van der Waals surface area contributed by atoms with Gasteiger partial charge in [0.05, 0.1) is 6.04 Å². The highest BCUT2D eigenvalue weighted by Gasteiger charge is 2.37. The summed E-state index contributed by atoms with van der Waals surface area (Å²) in [5, 5.41) is 6.31. The third-order valence-corrected chi connectivity index (χ3v) is 7.92. The summed E-state index contributed by atoms with van der Waals surface area (Å²) >= 11 is 0. The molecule has 3 amide bonds. The van der Waals surface area contributed by atoms with Crippen molar-refractivity contribution in [2.75, 3.05) is 27.0 Å². The third-order valence-electron chi connectivity index (χ3n) is 7.92. The summed E-state index contributed by atoms with van der Waals surface area (Å²) in [7, 11) is 0. The SMILES string of the molecule is CC(=O)N(c1ccc(NCC2CC2)cc1)[C@@H]1C[C@H](C)N(C(C)=O)c2ccc(-c3cccc(NC(=O)OC(C)(C)C)c3)cc21. The molecule has 0 spiro atoms. The number of rotatable bonds is 7. The minimum Gasteiger partial charge on any atom is -0.444 e. The van der Waals surface area contributed by atoms with Crippen LogP contribution in [-0.2, 0) is 14.3 Å². The van der Waals surface area contributed by atoms with E-state index in [1.54, 1.807) is 13.8 Å². The summed E-state index contributed by atoms with van der Waals surface area (Å²) in [6, 6.07) is 21.3. The number of carbonyl (C=O) groups is 3. The zero-order chi connectivity index (χ0) is 30.9. The molecule has 1 fully saturated rings. The first-order valence-corrected chi connectivity index (χ1v) is 15.1. The van der Waals surface area contributed by atoms with Crippen molar-refractivity contribution in [3.63, 3.8) is 0 Å². The van der Waals surface area contributed by atoms with E-state index in [1.807, 2.05) is 98.2 Å². The number of ether oxygens (including phenoxy) is 1. The topological polar surface area (TPSA) is 91.0 Å². The average molecular weight is 583 g/mol. The lowest BCUT2D eigenvalue weighted by Gasteiger charge is -2.43. The fourth-order valence-electron chi connectivity index (χ4n) is 5.84. The summed E-state index contributed by atoms with van der Waals surface area (Å²) in [6.45, 7) is 11.6. The molecule has 1 aliphatic carbocycles. The van der Waals surface area contributed by atoms with Crippen molar-refractivity contribution in [2.24, 2.45) is 5.92 Å². The molecule has 3 aromatic carbocycles. The van der Waals surface area contributed by atoms with Crippen molar-refractivity contribution in [1.82, 2.24) is 0 Å². The van der Waals surface area contributed by atoms with E-state index in [0.717, 1.165) is 46.2 Å². The molecule has 8 nitrogen and oxygen atoms in total. The minimum atomic E-state index is -0.606. The highest BCUT2D eigenvalue weighted by molar-refractivity contribution is 5.97. The molecule has 0 aromatic heterocycles. The van der Waals surface area contributed by atoms with Crippen molar-refractivity contribution < 1.29 is 19.1 Å². The van der Waals surface area contributed by atoms with Crippen molar-refractivity contribution in [1.29, 1.82) is 0 Å². The Hall–Kier alpha value is -4.33. The molecular weight excluding hydrogens is 540 g/mol. The van der Waals surface area contributed by atoms with Gasteiger partial charge in [0, 0.05) is 49.2 Å². The monoisotopic (exact) mass is 582 g/mol. The first kappa shape index (κ1) is 30.1. The normalized spacial score (nSPS) is 18.0. The highest BCUT2D eigenvalue weighted by Crippen LogP contribution is 2.44. The van der Waals surface area contributed by atoms with E-state index in [9.17, 15) is 14.4 Å². The van der Waals surface area contributed by atoms with Crippen LogP contribution in [0, 0.1) is 5.92 Å². The zero-order valence-electron chi connectivity index (χ0n) is 25.9. The summed E-state index contributed by atoms with van der Waals surface area (Å²) in [4.78, 5) is 42.1. The van der Waals surface area contributed by atoms with E-state index in [2.05, 4.69) is 16.7 Å². The summed E-state index contributed by atoms with van der Waals surface area (Å²) in [5.41, 5.74) is 5.38. The Morgan fingerprint density at radius 2 is 1.63 bits per heavy atom. The van der Waals surface area contributed by atoms with Crippen molar-refractivity contribution in [3.8, 4) is 11.1 Å². The van der Waals surface area contributed by atoms with E-state index >= 15 is 0 Å². The Labute approximate surface area is 254 Å². The molecule has 5 rings (SSSR count). The van der Waals surface area contributed by atoms with Gasteiger partial charge >= 0.3 is 6.09 Å². The molecule has 0 radical (unpaired) electrons. The Kier molecular flexibility index (Phi) is 8.49. The van der Waals surface area contributed by atoms with Crippen LogP contribution in [-0.4, -0.2) is 36.1 Å². The van der Waals surface area contributed by atoms with Gasteiger partial charge < -0.3 is 19.9 Å². The quantitative estimate of drug-likeness (QED) is 0.297. The van der Waals surface area contributed by atoms with E-state index in [1.165, 1.54) is 12.8 Å². The minimum absolute atomic E-state index is 0.0380. The van der Waals surface area contributed by atoms with Gasteiger partial charge in [-0.1, -0.05) is 18.2 Å². The molecule has 0 unspecified atom stereocenters. The molecule has 0 saturated heterocycles. The number of amides is 3. The molecule has 1 heterocycles. The number of carbonyl (C=O) groups excluding carboxylic acids is 3. The zero-order valence-corrected chi connectivity index (χ0v) is 25.9. The first-order chi connectivity index (χ1) is 20.4. The van der Waals surface area contributed by atoms with Gasteiger partial charge in [-0.15, -0.1) is 0 Å². The van der Waals surface area contributed by atoms with Gasteiger partial charge in [0.25, 0.3) is 0 Å². The largest absolute Gasteiger partial charge is 0.444 e. The molecule has 0 bridgehead atoms. The first-order valence-electron chi connectivity index (χ1n) is 15.1. The lowest BCUT2D eigenvalue weighted by atomic mass is 9.87. The number of hydrogen-bond acceptors (Lipinski definition) is 5. The van der Waals surface area contributed by atoms with Gasteiger partial charge in [0.1, 0.15) is 5.60 Å². The Morgan fingerprint density at radius 3 is 2.26 bits per heavy atom. The second-order valence-corrected chi connectivity index (χ2v) is 12.7. The number of anilines is 4. The Morgan fingerprint density at radius 1 is 0.930 bits per heavy atom. The molecule has 226 valence electrons. The van der Waals surface area contributed by atoms with Gasteiger partial charge in [-0.3, -0.25) is 14.9 Å². The number of fused-ring (bicyclic) bond motifs is 1. The molecule has 43 heavy (non-hydrogen) atoms. The van der Waals surface area contributed by atoms with E-state index in [-0.39, 0.29) is 23.9 Å². The van der Waals surface area contributed by atoms with Gasteiger partial charge in [-0.25, -0.2) is 4.79 Å². The molecule has 3 aromatic rings. The fraction of sp³-hybridized carbons (Fsp3) is 0.400. The van der Waals surface area contributed by atoms with Crippen LogP contribution in [0.5, 0.6) is 0 Å². The van der Waals surface area contributed by atoms with Gasteiger partial charge in [-0.05, 0) is 118 Å². The lowest BCUT2D eigenvalue weighted by Crippen LogP contribution is -2.46. The van der Waals surface area contributed by atoms with E-state index in [4.69, 9.17) is 4.74 Å². The number of nitrogens with one attached hydrogen (secondary N) is 2. The van der Waals surface area contributed by atoms with Crippen LogP contribution >= 0.6 is 0 Å². The smallest absolute Gasteiger partial charge is 0.412 e. The number of nitrogens with zero attached hydrogens (tertiary/aromatic N) is 2. The van der Waals surface area contributed by atoms with Gasteiger partial charge in [0.2, 0.25) is 11.8 Å². The van der Waals surface area contributed by atoms with Crippen molar-refractivity contribution in [2.45, 2.75) is 78.5 Å². The maximum absolute atomic E-state index is 13.3. The predicted octanol–water partition coefficient (Wildman–Crippen LogP) is 7.76. The van der Waals surface area contributed by atoms with Crippen molar-refractivity contribution in [3.05, 3.63) is 72.3 Å². The molecule has 1 saturated carbocycles.